The number of ether oxygens (including phenoxy) is 2. The number of hydrogen-bond acceptors (Lipinski definition) is 5. The highest BCUT2D eigenvalue weighted by molar-refractivity contribution is 7.99. The number of hydrogen-bond donors (Lipinski definition) is 1. The van der Waals surface area contributed by atoms with Gasteiger partial charge in [-0.25, -0.2) is 9.97 Å². The lowest BCUT2D eigenvalue weighted by atomic mass is 10.2. The summed E-state index contributed by atoms with van der Waals surface area (Å²) in [6, 6.07) is 8.05. The van der Waals surface area contributed by atoms with Crippen LogP contribution in [-0.4, -0.2) is 36.0 Å². The molecule has 0 unspecified atom stereocenters. The number of nitrogens with two attached hydrogens (primary N) is 1. The maximum atomic E-state index is 5.75. The van der Waals surface area contributed by atoms with Crippen molar-refractivity contribution in [3.63, 3.8) is 0 Å². The fourth-order valence-corrected chi connectivity index (χ4v) is 3.51. The Morgan fingerprint density at radius 1 is 1.16 bits per heavy atom. The molecule has 0 aliphatic rings. The van der Waals surface area contributed by atoms with Gasteiger partial charge in [0.1, 0.15) is 6.54 Å². The van der Waals surface area contributed by atoms with E-state index in [1.54, 1.807) is 18.9 Å². The highest BCUT2D eigenvalue weighted by atomic mass is 32.2. The molecule has 5 nitrogen and oxygen atoms in total. The molecule has 6 heteroatoms. The molecule has 1 aromatic carbocycles. The molecular weight excluding hydrogens is 334 g/mol. The first-order chi connectivity index (χ1) is 12.1. The van der Waals surface area contributed by atoms with Gasteiger partial charge < -0.3 is 14.8 Å². The summed E-state index contributed by atoms with van der Waals surface area (Å²) < 4.78 is 11.1. The zero-order valence-corrected chi connectivity index (χ0v) is 16.4. The smallest absolute Gasteiger partial charge is 0.187 e. The van der Waals surface area contributed by atoms with E-state index in [0.717, 1.165) is 53.3 Å². The fraction of sp³-hybridized carbons (Fsp3) is 0.474. The lowest BCUT2D eigenvalue weighted by Gasteiger charge is -2.13. The normalized spacial score (nSPS) is 10.7. The number of quaternary nitrogens is 1. The van der Waals surface area contributed by atoms with E-state index in [9.17, 15) is 0 Å². The Morgan fingerprint density at radius 2 is 1.92 bits per heavy atom. The number of para-hydroxylation sites is 1. The van der Waals surface area contributed by atoms with Crippen molar-refractivity contribution in [1.82, 2.24) is 9.97 Å². The molecule has 0 saturated heterocycles. The van der Waals surface area contributed by atoms with Gasteiger partial charge in [-0.3, -0.25) is 0 Å². The Balaban J connectivity index is 1.76. The van der Waals surface area contributed by atoms with E-state index in [4.69, 9.17) is 9.47 Å². The van der Waals surface area contributed by atoms with Gasteiger partial charge in [0.2, 0.25) is 0 Å². The third-order valence-electron chi connectivity index (χ3n) is 3.68. The monoisotopic (exact) mass is 362 g/mol. The van der Waals surface area contributed by atoms with Crippen LogP contribution in [0.2, 0.25) is 0 Å². The van der Waals surface area contributed by atoms with Crippen LogP contribution >= 0.6 is 11.8 Å². The average molecular weight is 363 g/mol. The van der Waals surface area contributed by atoms with Crippen LogP contribution in [0, 0.1) is 13.8 Å². The third kappa shape index (κ3) is 6.21. The molecule has 2 N–H and O–H groups in total. The van der Waals surface area contributed by atoms with Crippen LogP contribution in [0.1, 0.15) is 30.3 Å². The van der Waals surface area contributed by atoms with Crippen molar-refractivity contribution in [2.75, 3.05) is 26.0 Å². The SMILES string of the molecule is CCOc1c(C[NH2+]CCCSc2nc(C)cc(C)n2)cccc1OC. The number of aromatic nitrogens is 2. The number of thioether (sulfide) groups is 1. The summed E-state index contributed by atoms with van der Waals surface area (Å²) in [5, 5.41) is 3.18. The summed E-state index contributed by atoms with van der Waals surface area (Å²) in [6.45, 7) is 8.59. The van der Waals surface area contributed by atoms with E-state index in [-0.39, 0.29) is 0 Å². The average Bonchev–Trinajstić information content (AvgIpc) is 2.58. The number of methoxy groups -OCH3 is 1. The van der Waals surface area contributed by atoms with Gasteiger partial charge in [-0.05, 0) is 39.0 Å². The second-order valence-corrected chi connectivity index (χ2v) is 6.86. The standard InChI is InChI=1S/C19H27N3O2S/c1-5-24-18-16(8-6-9-17(18)23-4)13-20-10-7-11-25-19-21-14(2)12-15(3)22-19/h6,8-9,12,20H,5,7,10-11,13H2,1-4H3/p+1. The molecular formula is C19H28N3O2S+. The quantitative estimate of drug-likeness (QED) is 0.400. The molecule has 0 radical (unpaired) electrons. The molecule has 0 amide bonds. The summed E-state index contributed by atoms with van der Waals surface area (Å²) in [5.74, 6) is 2.69. The molecule has 1 aromatic heterocycles. The van der Waals surface area contributed by atoms with Crippen LogP contribution in [0.25, 0.3) is 0 Å². The summed E-state index contributed by atoms with van der Waals surface area (Å²) in [5.41, 5.74) is 3.23. The number of benzene rings is 1. The Labute approximate surface area is 154 Å². The molecule has 0 bridgehead atoms. The number of nitrogens with zero attached hydrogens (tertiary/aromatic N) is 2. The molecule has 0 atom stereocenters. The summed E-state index contributed by atoms with van der Waals surface area (Å²) in [6.07, 6.45) is 1.11. The van der Waals surface area contributed by atoms with E-state index >= 15 is 0 Å². The van der Waals surface area contributed by atoms with Gasteiger partial charge in [0.25, 0.3) is 0 Å². The van der Waals surface area contributed by atoms with Crippen molar-refractivity contribution in [1.29, 1.82) is 0 Å². The first-order valence-corrected chi connectivity index (χ1v) is 9.68. The zero-order chi connectivity index (χ0) is 18.1. The van der Waals surface area contributed by atoms with Crippen LogP contribution in [-0.2, 0) is 6.54 Å². The summed E-state index contributed by atoms with van der Waals surface area (Å²) >= 11 is 1.73. The van der Waals surface area contributed by atoms with Crippen LogP contribution < -0.4 is 14.8 Å². The molecule has 2 rings (SSSR count). The van der Waals surface area contributed by atoms with Crippen LogP contribution in [0.15, 0.2) is 29.4 Å². The van der Waals surface area contributed by atoms with E-state index in [0.29, 0.717) is 6.61 Å². The predicted octanol–water partition coefficient (Wildman–Crippen LogP) is 2.75. The van der Waals surface area contributed by atoms with Crippen molar-refractivity contribution < 1.29 is 14.8 Å². The molecule has 0 spiro atoms. The molecule has 25 heavy (non-hydrogen) atoms. The topological polar surface area (TPSA) is 60.9 Å². The molecule has 2 aromatic rings. The molecule has 0 saturated carbocycles. The minimum absolute atomic E-state index is 0.639. The Morgan fingerprint density at radius 3 is 2.60 bits per heavy atom. The number of rotatable bonds is 10. The highest BCUT2D eigenvalue weighted by Gasteiger charge is 2.11. The molecule has 0 aliphatic heterocycles. The largest absolute Gasteiger partial charge is 0.493 e. The first-order valence-electron chi connectivity index (χ1n) is 8.69. The fourth-order valence-electron chi connectivity index (χ4n) is 2.60. The highest BCUT2D eigenvalue weighted by Crippen LogP contribution is 2.30. The lowest BCUT2D eigenvalue weighted by molar-refractivity contribution is -0.670. The molecule has 1 heterocycles. The summed E-state index contributed by atoms with van der Waals surface area (Å²) in [4.78, 5) is 8.92. The third-order valence-corrected chi connectivity index (χ3v) is 4.61. The molecule has 0 aliphatic carbocycles. The maximum Gasteiger partial charge on any atom is 0.187 e. The molecule has 0 fully saturated rings. The van der Waals surface area contributed by atoms with Gasteiger partial charge in [0.05, 0.1) is 25.8 Å². The molecule has 136 valence electrons. The van der Waals surface area contributed by atoms with Crippen molar-refractivity contribution >= 4 is 11.8 Å². The van der Waals surface area contributed by atoms with Crippen molar-refractivity contribution in [2.45, 2.75) is 38.9 Å². The lowest BCUT2D eigenvalue weighted by Crippen LogP contribution is -2.82. The van der Waals surface area contributed by atoms with Gasteiger partial charge in [-0.15, -0.1) is 0 Å². The second kappa shape index (κ2) is 10.3. The van der Waals surface area contributed by atoms with Crippen molar-refractivity contribution in [3.05, 3.63) is 41.2 Å². The van der Waals surface area contributed by atoms with Crippen LogP contribution in [0.5, 0.6) is 11.5 Å². The van der Waals surface area contributed by atoms with Crippen LogP contribution in [0.4, 0.5) is 0 Å². The van der Waals surface area contributed by atoms with Gasteiger partial charge in [0, 0.05) is 23.6 Å². The van der Waals surface area contributed by atoms with Crippen molar-refractivity contribution in [3.8, 4) is 11.5 Å². The summed E-state index contributed by atoms with van der Waals surface area (Å²) in [7, 11) is 1.68. The second-order valence-electron chi connectivity index (χ2n) is 5.80. The maximum absolute atomic E-state index is 5.75. The minimum atomic E-state index is 0.639. The number of aryl methyl sites for hydroxylation is 2. The van der Waals surface area contributed by atoms with Gasteiger partial charge in [0.15, 0.2) is 16.7 Å². The van der Waals surface area contributed by atoms with E-state index in [1.807, 2.05) is 39.0 Å². The Kier molecular flexibility index (Phi) is 8.01. The Bertz CT molecular complexity index is 659. The van der Waals surface area contributed by atoms with Gasteiger partial charge >= 0.3 is 0 Å². The van der Waals surface area contributed by atoms with Crippen LogP contribution in [0.3, 0.4) is 0 Å². The van der Waals surface area contributed by atoms with E-state index in [1.165, 1.54) is 5.56 Å². The van der Waals surface area contributed by atoms with E-state index < -0.39 is 0 Å². The van der Waals surface area contributed by atoms with Gasteiger partial charge in [-0.2, -0.15) is 0 Å². The van der Waals surface area contributed by atoms with E-state index in [2.05, 4.69) is 21.4 Å². The van der Waals surface area contributed by atoms with Crippen molar-refractivity contribution in [2.24, 2.45) is 0 Å². The Hall–Kier alpha value is -1.79. The van der Waals surface area contributed by atoms with Gasteiger partial charge in [-0.1, -0.05) is 17.8 Å². The minimum Gasteiger partial charge on any atom is -0.493 e. The first kappa shape index (κ1) is 19.5. The zero-order valence-electron chi connectivity index (χ0n) is 15.5. The predicted molar refractivity (Wildman–Crippen MR) is 102 cm³/mol.